The average molecular weight is 259 g/mol. The van der Waals surface area contributed by atoms with Gasteiger partial charge >= 0.3 is 0 Å². The lowest BCUT2D eigenvalue weighted by Gasteiger charge is -2.11. The van der Waals surface area contributed by atoms with E-state index in [2.05, 4.69) is 10.3 Å². The van der Waals surface area contributed by atoms with Crippen molar-refractivity contribution in [3.63, 3.8) is 0 Å². The van der Waals surface area contributed by atoms with Crippen LogP contribution in [-0.2, 0) is 0 Å². The number of halogens is 1. The van der Waals surface area contributed by atoms with E-state index in [1.165, 1.54) is 0 Å². The molecule has 3 N–H and O–H groups in total. The van der Waals surface area contributed by atoms with E-state index >= 15 is 0 Å². The maximum absolute atomic E-state index is 8.96. The van der Waals surface area contributed by atoms with E-state index in [0.717, 1.165) is 5.69 Å². The van der Waals surface area contributed by atoms with Gasteiger partial charge in [0.2, 0.25) is 0 Å². The molecule has 18 heavy (non-hydrogen) atoms. The largest absolute Gasteiger partial charge is 0.383 e. The number of nitrogens with one attached hydrogen (secondary N) is 1. The lowest BCUT2D eigenvalue weighted by molar-refractivity contribution is 1.25. The lowest BCUT2D eigenvalue weighted by Crippen LogP contribution is -2.03. The minimum absolute atomic E-state index is 0.179. The molecule has 1 aromatic heterocycles. The number of nitrogen functional groups attached to an aromatic ring is 1. The fourth-order valence-electron chi connectivity index (χ4n) is 1.59. The van der Waals surface area contributed by atoms with Crippen molar-refractivity contribution in [1.82, 2.24) is 4.98 Å². The third-order valence-electron chi connectivity index (χ3n) is 2.55. The molecule has 0 saturated heterocycles. The highest BCUT2D eigenvalue weighted by Crippen LogP contribution is 2.30. The van der Waals surface area contributed by atoms with Crippen LogP contribution in [0.5, 0.6) is 0 Å². The number of aromatic nitrogens is 1. The second-order valence-corrected chi connectivity index (χ2v) is 4.14. The molecule has 4 nitrogen and oxygen atoms in total. The Balaban J connectivity index is 2.45. The first-order chi connectivity index (χ1) is 8.63. The first kappa shape index (κ1) is 12.2. The third-order valence-corrected chi connectivity index (χ3v) is 3.01. The molecule has 0 amide bonds. The predicted molar refractivity (Wildman–Crippen MR) is 72.8 cm³/mol. The summed E-state index contributed by atoms with van der Waals surface area (Å²) in [4.78, 5) is 4.11. The van der Waals surface area contributed by atoms with E-state index in [-0.39, 0.29) is 5.82 Å². The van der Waals surface area contributed by atoms with Crippen LogP contribution in [0.2, 0.25) is 5.02 Å². The Kier molecular flexibility index (Phi) is 3.35. The van der Waals surface area contributed by atoms with E-state index in [9.17, 15) is 0 Å². The lowest BCUT2D eigenvalue weighted by atomic mass is 10.1. The molecule has 1 aromatic carbocycles. The molecule has 2 rings (SSSR count). The van der Waals surface area contributed by atoms with Crippen molar-refractivity contribution in [3.8, 4) is 6.07 Å². The number of pyridine rings is 1. The molecule has 0 unspecified atom stereocenters. The highest BCUT2D eigenvalue weighted by molar-refractivity contribution is 6.34. The minimum atomic E-state index is 0.179. The molecule has 0 fully saturated rings. The van der Waals surface area contributed by atoms with Crippen LogP contribution in [0, 0.1) is 18.3 Å². The summed E-state index contributed by atoms with van der Waals surface area (Å²) in [5, 5.41) is 12.4. The van der Waals surface area contributed by atoms with Crippen LogP contribution < -0.4 is 11.1 Å². The van der Waals surface area contributed by atoms with Crippen molar-refractivity contribution in [2.24, 2.45) is 0 Å². The van der Waals surface area contributed by atoms with Gasteiger partial charge in [-0.25, -0.2) is 4.98 Å². The van der Waals surface area contributed by atoms with Gasteiger partial charge in [-0.05, 0) is 24.6 Å². The number of hydrogen-bond acceptors (Lipinski definition) is 4. The fourth-order valence-corrected chi connectivity index (χ4v) is 1.77. The van der Waals surface area contributed by atoms with Crippen LogP contribution in [0.3, 0.4) is 0 Å². The maximum atomic E-state index is 8.96. The molecule has 0 aliphatic heterocycles. The molecule has 0 aliphatic rings. The zero-order valence-electron chi connectivity index (χ0n) is 9.74. The van der Waals surface area contributed by atoms with Gasteiger partial charge in [-0.15, -0.1) is 0 Å². The number of hydrogen-bond donors (Lipinski definition) is 2. The van der Waals surface area contributed by atoms with Crippen LogP contribution in [0.1, 0.15) is 11.1 Å². The van der Waals surface area contributed by atoms with Crippen LogP contribution in [0.25, 0.3) is 0 Å². The average Bonchev–Trinajstić information content (AvgIpc) is 2.37. The summed E-state index contributed by atoms with van der Waals surface area (Å²) in [5.74, 6) is 0.634. The van der Waals surface area contributed by atoms with Gasteiger partial charge in [0, 0.05) is 5.69 Å². The summed E-state index contributed by atoms with van der Waals surface area (Å²) in [6.07, 6.45) is 0. The monoisotopic (exact) mass is 258 g/mol. The Morgan fingerprint density at radius 3 is 2.61 bits per heavy atom. The van der Waals surface area contributed by atoms with E-state index in [4.69, 9.17) is 22.6 Å². The number of nitrogens with two attached hydrogens (primary N) is 1. The Hall–Kier alpha value is -2.25. The SMILES string of the molecule is Cc1c(Cl)c(Nc2ccccc2)nc(N)c1C#N. The van der Waals surface area contributed by atoms with Gasteiger partial charge in [0.05, 0.1) is 10.6 Å². The zero-order valence-corrected chi connectivity index (χ0v) is 10.5. The van der Waals surface area contributed by atoms with E-state index < -0.39 is 0 Å². The first-order valence-electron chi connectivity index (χ1n) is 5.31. The number of para-hydroxylation sites is 1. The standard InChI is InChI=1S/C13H11ClN4/c1-8-10(7-15)12(16)18-13(11(8)14)17-9-5-3-2-4-6-9/h2-6H,1H3,(H3,16,17,18). The van der Waals surface area contributed by atoms with Crippen molar-refractivity contribution in [1.29, 1.82) is 5.26 Å². The summed E-state index contributed by atoms with van der Waals surface area (Å²) in [7, 11) is 0. The van der Waals surface area contributed by atoms with Gasteiger partial charge < -0.3 is 11.1 Å². The van der Waals surface area contributed by atoms with Crippen LogP contribution >= 0.6 is 11.6 Å². The Bertz CT molecular complexity index is 617. The predicted octanol–water partition coefficient (Wildman–Crippen LogP) is 3.24. The summed E-state index contributed by atoms with van der Waals surface area (Å²) in [6, 6.07) is 11.5. The summed E-state index contributed by atoms with van der Waals surface area (Å²) in [6.45, 7) is 1.75. The molecule has 2 aromatic rings. The summed E-state index contributed by atoms with van der Waals surface area (Å²) in [5.41, 5.74) is 7.53. The quantitative estimate of drug-likeness (QED) is 0.867. The second kappa shape index (κ2) is 4.94. The van der Waals surface area contributed by atoms with Gasteiger partial charge in [-0.3, -0.25) is 0 Å². The van der Waals surface area contributed by atoms with Crippen molar-refractivity contribution in [2.75, 3.05) is 11.1 Å². The zero-order chi connectivity index (χ0) is 13.1. The Morgan fingerprint density at radius 1 is 1.33 bits per heavy atom. The molecule has 0 spiro atoms. The fraction of sp³-hybridized carbons (Fsp3) is 0.0769. The van der Waals surface area contributed by atoms with E-state index in [1.807, 2.05) is 36.4 Å². The van der Waals surface area contributed by atoms with E-state index in [1.54, 1.807) is 6.92 Å². The number of nitrogens with zero attached hydrogens (tertiary/aromatic N) is 2. The molecule has 0 aliphatic carbocycles. The van der Waals surface area contributed by atoms with Crippen molar-refractivity contribution < 1.29 is 0 Å². The molecule has 0 bridgehead atoms. The molecule has 0 atom stereocenters. The third kappa shape index (κ3) is 2.22. The number of benzene rings is 1. The Morgan fingerprint density at radius 2 is 2.00 bits per heavy atom. The van der Waals surface area contributed by atoms with Crippen LogP contribution in [0.15, 0.2) is 30.3 Å². The highest BCUT2D eigenvalue weighted by atomic mass is 35.5. The van der Waals surface area contributed by atoms with Gasteiger partial charge in [0.25, 0.3) is 0 Å². The number of nitriles is 1. The topological polar surface area (TPSA) is 74.7 Å². The molecular formula is C13H11ClN4. The van der Waals surface area contributed by atoms with Gasteiger partial charge in [-0.1, -0.05) is 29.8 Å². The molecule has 90 valence electrons. The van der Waals surface area contributed by atoms with Crippen LogP contribution in [0.4, 0.5) is 17.3 Å². The maximum Gasteiger partial charge on any atom is 0.152 e. The number of anilines is 3. The first-order valence-corrected chi connectivity index (χ1v) is 5.69. The van der Waals surface area contributed by atoms with Crippen molar-refractivity contribution in [3.05, 3.63) is 46.5 Å². The molecule has 5 heteroatoms. The summed E-state index contributed by atoms with van der Waals surface area (Å²) < 4.78 is 0. The Labute approximate surface area is 110 Å². The van der Waals surface area contributed by atoms with Gasteiger partial charge in [0.1, 0.15) is 11.9 Å². The van der Waals surface area contributed by atoms with Crippen molar-refractivity contribution in [2.45, 2.75) is 6.92 Å². The number of rotatable bonds is 2. The minimum Gasteiger partial charge on any atom is -0.383 e. The summed E-state index contributed by atoms with van der Waals surface area (Å²) >= 11 is 6.17. The molecule has 0 saturated carbocycles. The van der Waals surface area contributed by atoms with Crippen LogP contribution in [-0.4, -0.2) is 4.98 Å². The normalized spacial score (nSPS) is 9.83. The van der Waals surface area contributed by atoms with E-state index in [0.29, 0.717) is 22.0 Å². The highest BCUT2D eigenvalue weighted by Gasteiger charge is 2.13. The van der Waals surface area contributed by atoms with Gasteiger partial charge in [0.15, 0.2) is 5.82 Å². The molecule has 1 heterocycles. The van der Waals surface area contributed by atoms with Crippen molar-refractivity contribution >= 4 is 28.9 Å². The molecule has 0 radical (unpaired) electrons. The van der Waals surface area contributed by atoms with Gasteiger partial charge in [-0.2, -0.15) is 5.26 Å². The second-order valence-electron chi connectivity index (χ2n) is 3.76. The molecular weight excluding hydrogens is 248 g/mol. The smallest absolute Gasteiger partial charge is 0.152 e.